The molecule has 19 heavy (non-hydrogen) atoms. The molecule has 0 radical (unpaired) electrons. The molecule has 2 aliphatic rings. The van der Waals surface area contributed by atoms with Gasteiger partial charge in [-0.3, -0.25) is 4.79 Å². The largest absolute Gasteiger partial charge is 0.326 e. The van der Waals surface area contributed by atoms with Gasteiger partial charge in [-0.2, -0.15) is 0 Å². The minimum Gasteiger partial charge on any atom is -0.326 e. The molecule has 4 rings (SSSR count). The van der Waals surface area contributed by atoms with E-state index < -0.39 is 0 Å². The number of imidazole rings is 1. The first-order valence-corrected chi connectivity index (χ1v) is 6.72. The summed E-state index contributed by atoms with van der Waals surface area (Å²) in [6.45, 7) is 0. The Labute approximate surface area is 109 Å². The van der Waals surface area contributed by atoms with Gasteiger partial charge in [0, 0.05) is 11.6 Å². The van der Waals surface area contributed by atoms with Gasteiger partial charge >= 0.3 is 5.69 Å². The number of nitrogens with one attached hydrogen (secondary N) is 3. The number of hydrogen-bond acceptors (Lipinski definition) is 2. The minimum absolute atomic E-state index is 0.115. The van der Waals surface area contributed by atoms with Gasteiger partial charge in [-0.15, -0.1) is 0 Å². The predicted octanol–water partition coefficient (Wildman–Crippen LogP) is 1.84. The molecule has 5 heteroatoms. The van der Waals surface area contributed by atoms with Gasteiger partial charge in [-0.1, -0.05) is 0 Å². The number of rotatable bonds is 2. The summed E-state index contributed by atoms with van der Waals surface area (Å²) < 4.78 is 0. The third kappa shape index (κ3) is 1.85. The summed E-state index contributed by atoms with van der Waals surface area (Å²) in [6, 6.07) is 5.41. The average molecular weight is 257 g/mol. The molecular formula is C14H15N3O2. The Balaban J connectivity index is 1.53. The van der Waals surface area contributed by atoms with Crippen LogP contribution in [0.1, 0.15) is 19.3 Å². The molecule has 0 bridgehead atoms. The normalized spacial score (nSPS) is 28.3. The maximum atomic E-state index is 12.1. The summed E-state index contributed by atoms with van der Waals surface area (Å²) in [4.78, 5) is 28.7. The minimum atomic E-state index is -0.227. The van der Waals surface area contributed by atoms with Crippen LogP contribution in [0.2, 0.25) is 0 Å². The molecular weight excluding hydrogens is 242 g/mol. The van der Waals surface area contributed by atoms with Crippen molar-refractivity contribution in [3.63, 3.8) is 0 Å². The van der Waals surface area contributed by atoms with Crippen LogP contribution in [0.3, 0.4) is 0 Å². The fraction of sp³-hybridized carbons (Fsp3) is 0.429. The van der Waals surface area contributed by atoms with E-state index in [1.165, 1.54) is 6.42 Å². The Morgan fingerprint density at radius 1 is 1.11 bits per heavy atom. The summed E-state index contributed by atoms with van der Waals surface area (Å²) in [6.07, 6.45) is 3.40. The number of anilines is 1. The highest BCUT2D eigenvalue weighted by Crippen LogP contribution is 2.54. The van der Waals surface area contributed by atoms with Crippen LogP contribution in [0.15, 0.2) is 23.0 Å². The second kappa shape index (κ2) is 3.73. The smallest absolute Gasteiger partial charge is 0.323 e. The van der Waals surface area contributed by atoms with E-state index in [0.29, 0.717) is 0 Å². The summed E-state index contributed by atoms with van der Waals surface area (Å²) >= 11 is 0. The summed E-state index contributed by atoms with van der Waals surface area (Å²) in [5.41, 5.74) is 1.99. The molecule has 3 N–H and O–H groups in total. The first kappa shape index (κ1) is 10.8. The third-order valence-electron chi connectivity index (χ3n) is 4.40. The lowest BCUT2D eigenvalue weighted by atomic mass is 10.0. The lowest BCUT2D eigenvalue weighted by Crippen LogP contribution is -2.21. The molecule has 2 saturated carbocycles. The first-order chi connectivity index (χ1) is 9.19. The standard InChI is InChI=1S/C14H15N3O2/c18-13(9-4-7-3-8(7)5-9)15-10-1-2-11-12(6-10)17-14(19)16-11/h1-2,6-9H,3-5H2,(H,15,18)(H2,16,17,19). The highest BCUT2D eigenvalue weighted by Gasteiger charge is 2.47. The highest BCUT2D eigenvalue weighted by atomic mass is 16.2. The van der Waals surface area contributed by atoms with Crippen molar-refractivity contribution in [1.82, 2.24) is 9.97 Å². The molecule has 2 atom stereocenters. The lowest BCUT2D eigenvalue weighted by Gasteiger charge is -2.12. The number of H-pyrrole nitrogens is 2. The first-order valence-electron chi connectivity index (χ1n) is 6.72. The molecule has 98 valence electrons. The molecule has 1 aromatic heterocycles. The van der Waals surface area contributed by atoms with E-state index in [0.717, 1.165) is 41.4 Å². The summed E-state index contributed by atoms with van der Waals surface area (Å²) in [5, 5.41) is 2.95. The zero-order valence-electron chi connectivity index (χ0n) is 10.4. The SMILES string of the molecule is O=C(Nc1ccc2[nH]c(=O)[nH]c2c1)C1CC2CC2C1. The number of amides is 1. The van der Waals surface area contributed by atoms with Crippen LogP contribution in [0, 0.1) is 17.8 Å². The second-order valence-electron chi connectivity index (χ2n) is 5.75. The van der Waals surface area contributed by atoms with E-state index in [1.54, 1.807) is 12.1 Å². The van der Waals surface area contributed by atoms with Crippen LogP contribution in [0.25, 0.3) is 11.0 Å². The van der Waals surface area contributed by atoms with Crippen molar-refractivity contribution in [2.24, 2.45) is 17.8 Å². The van der Waals surface area contributed by atoms with E-state index in [4.69, 9.17) is 0 Å². The molecule has 2 aliphatic carbocycles. The molecule has 0 spiro atoms. The molecule has 2 fully saturated rings. The van der Waals surface area contributed by atoms with Crippen molar-refractivity contribution in [1.29, 1.82) is 0 Å². The number of hydrogen-bond donors (Lipinski definition) is 3. The number of carbonyl (C=O) groups is 1. The Morgan fingerprint density at radius 2 is 1.84 bits per heavy atom. The van der Waals surface area contributed by atoms with Gasteiger partial charge in [-0.05, 0) is 49.3 Å². The van der Waals surface area contributed by atoms with Gasteiger partial charge in [0.15, 0.2) is 0 Å². The molecule has 1 amide bonds. The fourth-order valence-electron chi connectivity index (χ4n) is 3.28. The van der Waals surface area contributed by atoms with Crippen LogP contribution in [-0.4, -0.2) is 15.9 Å². The molecule has 2 unspecified atom stereocenters. The maximum Gasteiger partial charge on any atom is 0.323 e. The van der Waals surface area contributed by atoms with E-state index in [1.807, 2.05) is 6.07 Å². The molecule has 0 saturated heterocycles. The van der Waals surface area contributed by atoms with Crippen molar-refractivity contribution in [2.45, 2.75) is 19.3 Å². The zero-order valence-corrected chi connectivity index (χ0v) is 10.4. The van der Waals surface area contributed by atoms with Crippen LogP contribution >= 0.6 is 0 Å². The van der Waals surface area contributed by atoms with Crippen LogP contribution in [0.5, 0.6) is 0 Å². The molecule has 2 aromatic rings. The Hall–Kier alpha value is -2.04. The average Bonchev–Trinajstić information content (AvgIpc) is 2.82. The Bertz CT molecular complexity index is 705. The number of carbonyl (C=O) groups excluding carboxylic acids is 1. The van der Waals surface area contributed by atoms with Crippen molar-refractivity contribution in [3.05, 3.63) is 28.7 Å². The monoisotopic (exact) mass is 257 g/mol. The molecule has 1 heterocycles. The quantitative estimate of drug-likeness (QED) is 0.767. The molecule has 5 nitrogen and oxygen atoms in total. The number of aromatic nitrogens is 2. The van der Waals surface area contributed by atoms with Gasteiger partial charge in [0.05, 0.1) is 11.0 Å². The van der Waals surface area contributed by atoms with E-state index >= 15 is 0 Å². The van der Waals surface area contributed by atoms with Crippen molar-refractivity contribution < 1.29 is 4.79 Å². The Kier molecular flexibility index (Phi) is 2.13. The topological polar surface area (TPSA) is 77.8 Å². The van der Waals surface area contributed by atoms with Gasteiger partial charge in [0.1, 0.15) is 0 Å². The van der Waals surface area contributed by atoms with E-state index in [2.05, 4.69) is 15.3 Å². The van der Waals surface area contributed by atoms with Crippen LogP contribution < -0.4 is 11.0 Å². The predicted molar refractivity (Wildman–Crippen MR) is 71.9 cm³/mol. The van der Waals surface area contributed by atoms with Crippen LogP contribution in [0.4, 0.5) is 5.69 Å². The lowest BCUT2D eigenvalue weighted by molar-refractivity contribution is -0.120. The molecule has 1 aromatic carbocycles. The number of aromatic amines is 2. The number of benzene rings is 1. The fourth-order valence-corrected chi connectivity index (χ4v) is 3.28. The second-order valence-corrected chi connectivity index (χ2v) is 5.75. The van der Waals surface area contributed by atoms with Crippen molar-refractivity contribution in [2.75, 3.05) is 5.32 Å². The summed E-state index contributed by atoms with van der Waals surface area (Å²) in [5.74, 6) is 1.90. The van der Waals surface area contributed by atoms with E-state index in [-0.39, 0.29) is 17.5 Å². The zero-order chi connectivity index (χ0) is 13.0. The summed E-state index contributed by atoms with van der Waals surface area (Å²) in [7, 11) is 0. The van der Waals surface area contributed by atoms with Gasteiger partial charge < -0.3 is 15.3 Å². The molecule has 0 aliphatic heterocycles. The van der Waals surface area contributed by atoms with Gasteiger partial charge in [-0.25, -0.2) is 4.79 Å². The van der Waals surface area contributed by atoms with E-state index in [9.17, 15) is 9.59 Å². The van der Waals surface area contributed by atoms with Crippen LogP contribution in [-0.2, 0) is 4.79 Å². The maximum absolute atomic E-state index is 12.1. The van der Waals surface area contributed by atoms with Crippen molar-refractivity contribution in [3.8, 4) is 0 Å². The van der Waals surface area contributed by atoms with Gasteiger partial charge in [0.2, 0.25) is 5.91 Å². The highest BCUT2D eigenvalue weighted by molar-refractivity contribution is 5.94. The van der Waals surface area contributed by atoms with Gasteiger partial charge in [0.25, 0.3) is 0 Å². The number of fused-ring (bicyclic) bond motifs is 2. The van der Waals surface area contributed by atoms with Crippen molar-refractivity contribution >= 4 is 22.6 Å². The third-order valence-corrected chi connectivity index (χ3v) is 4.40. The Morgan fingerprint density at radius 3 is 2.63 bits per heavy atom.